The van der Waals surface area contributed by atoms with E-state index in [1.807, 2.05) is 12.1 Å². The molecule has 4 N–H and O–H groups in total. The second kappa shape index (κ2) is 10.2. The summed E-state index contributed by atoms with van der Waals surface area (Å²) in [6.07, 6.45) is 4.19. The van der Waals surface area contributed by atoms with Crippen LogP contribution in [0.4, 0.5) is 22.7 Å². The van der Waals surface area contributed by atoms with Crippen LogP contribution in [0.25, 0.3) is 0 Å². The summed E-state index contributed by atoms with van der Waals surface area (Å²) < 4.78 is 5.33. The molecule has 0 unspecified atom stereocenters. The van der Waals surface area contributed by atoms with Crippen molar-refractivity contribution in [1.29, 1.82) is 0 Å². The third-order valence-electron chi connectivity index (χ3n) is 4.00. The number of anilines is 4. The van der Waals surface area contributed by atoms with Gasteiger partial charge in [0.1, 0.15) is 0 Å². The normalized spacial score (nSPS) is 10.3. The number of ether oxygens (including phenoxy) is 1. The fourth-order valence-corrected chi connectivity index (χ4v) is 2.59. The standard InChI is InChI=1S/C21H27N3O3/c1-3-4-5-6-13-27-21(26)19-14-18(11-12-20(19)22)24-17-9-7-16(8-10-17)23-15(2)25/h7-12,14,24H,3-6,13,22H2,1-2H3,(H,23,25). The Morgan fingerprint density at radius 1 is 0.963 bits per heavy atom. The lowest BCUT2D eigenvalue weighted by Crippen LogP contribution is -2.10. The molecular weight excluding hydrogens is 342 g/mol. The first-order chi connectivity index (χ1) is 13.0. The van der Waals surface area contributed by atoms with Crippen molar-refractivity contribution in [3.8, 4) is 0 Å². The Labute approximate surface area is 160 Å². The fourth-order valence-electron chi connectivity index (χ4n) is 2.59. The number of esters is 1. The van der Waals surface area contributed by atoms with Gasteiger partial charge in [-0.05, 0) is 48.9 Å². The van der Waals surface area contributed by atoms with Gasteiger partial charge in [0.25, 0.3) is 0 Å². The summed E-state index contributed by atoms with van der Waals surface area (Å²) >= 11 is 0. The summed E-state index contributed by atoms with van der Waals surface area (Å²) in [5, 5.41) is 5.93. The largest absolute Gasteiger partial charge is 0.462 e. The smallest absolute Gasteiger partial charge is 0.340 e. The van der Waals surface area contributed by atoms with Crippen LogP contribution in [0.1, 0.15) is 49.9 Å². The number of nitrogens with one attached hydrogen (secondary N) is 2. The molecule has 0 fully saturated rings. The molecular formula is C21H27N3O3. The van der Waals surface area contributed by atoms with E-state index in [0.29, 0.717) is 17.9 Å². The monoisotopic (exact) mass is 369 g/mol. The van der Waals surface area contributed by atoms with E-state index in [1.54, 1.807) is 30.3 Å². The molecule has 2 rings (SSSR count). The van der Waals surface area contributed by atoms with Crippen LogP contribution in [0.3, 0.4) is 0 Å². The number of carbonyl (C=O) groups is 2. The number of amides is 1. The van der Waals surface area contributed by atoms with E-state index < -0.39 is 5.97 Å². The number of hydrogen-bond donors (Lipinski definition) is 3. The number of benzene rings is 2. The molecule has 0 bridgehead atoms. The molecule has 0 saturated heterocycles. The molecule has 144 valence electrons. The molecule has 0 radical (unpaired) electrons. The van der Waals surface area contributed by atoms with Gasteiger partial charge in [-0.25, -0.2) is 4.79 Å². The van der Waals surface area contributed by atoms with Gasteiger partial charge in [0, 0.05) is 29.7 Å². The molecule has 6 heteroatoms. The van der Waals surface area contributed by atoms with Gasteiger partial charge in [-0.1, -0.05) is 26.2 Å². The van der Waals surface area contributed by atoms with Gasteiger partial charge in [0.15, 0.2) is 0 Å². The fraction of sp³-hybridized carbons (Fsp3) is 0.333. The van der Waals surface area contributed by atoms with Crippen LogP contribution >= 0.6 is 0 Å². The molecule has 6 nitrogen and oxygen atoms in total. The van der Waals surface area contributed by atoms with E-state index >= 15 is 0 Å². The highest BCUT2D eigenvalue weighted by Gasteiger charge is 2.12. The lowest BCUT2D eigenvalue weighted by atomic mass is 10.1. The number of nitrogen functional groups attached to an aromatic ring is 1. The molecule has 0 aliphatic heterocycles. The van der Waals surface area contributed by atoms with Crippen LogP contribution in [0.5, 0.6) is 0 Å². The highest BCUT2D eigenvalue weighted by atomic mass is 16.5. The van der Waals surface area contributed by atoms with E-state index in [9.17, 15) is 9.59 Å². The summed E-state index contributed by atoms with van der Waals surface area (Å²) in [6.45, 7) is 4.00. The molecule has 27 heavy (non-hydrogen) atoms. The van der Waals surface area contributed by atoms with Crippen LogP contribution in [0.2, 0.25) is 0 Å². The Kier molecular flexibility index (Phi) is 7.67. The molecule has 0 heterocycles. The zero-order valence-corrected chi connectivity index (χ0v) is 15.9. The van der Waals surface area contributed by atoms with Crippen LogP contribution < -0.4 is 16.4 Å². The summed E-state index contributed by atoms with van der Waals surface area (Å²) in [4.78, 5) is 23.3. The third kappa shape index (κ3) is 6.66. The second-order valence-electron chi connectivity index (χ2n) is 6.38. The van der Waals surface area contributed by atoms with Gasteiger partial charge in [-0.15, -0.1) is 0 Å². The molecule has 1 amide bonds. The Morgan fingerprint density at radius 3 is 2.30 bits per heavy atom. The first-order valence-electron chi connectivity index (χ1n) is 9.21. The maximum absolute atomic E-state index is 12.3. The van der Waals surface area contributed by atoms with E-state index in [-0.39, 0.29) is 5.91 Å². The van der Waals surface area contributed by atoms with Crippen molar-refractivity contribution in [1.82, 2.24) is 0 Å². The van der Waals surface area contributed by atoms with Crippen molar-refractivity contribution in [2.45, 2.75) is 39.5 Å². The predicted molar refractivity (Wildman–Crippen MR) is 109 cm³/mol. The van der Waals surface area contributed by atoms with E-state index in [0.717, 1.165) is 42.7 Å². The van der Waals surface area contributed by atoms with E-state index in [1.165, 1.54) is 6.92 Å². The molecule has 0 saturated carbocycles. The van der Waals surface area contributed by atoms with E-state index in [4.69, 9.17) is 10.5 Å². The lowest BCUT2D eigenvalue weighted by Gasteiger charge is -2.11. The third-order valence-corrected chi connectivity index (χ3v) is 4.00. The molecule has 0 aromatic heterocycles. The Bertz CT molecular complexity index is 773. The summed E-state index contributed by atoms with van der Waals surface area (Å²) in [7, 11) is 0. The SMILES string of the molecule is CCCCCCOC(=O)c1cc(Nc2ccc(NC(C)=O)cc2)ccc1N. The summed E-state index contributed by atoms with van der Waals surface area (Å²) in [5.41, 5.74) is 8.95. The van der Waals surface area contributed by atoms with Gasteiger partial charge >= 0.3 is 5.97 Å². The maximum Gasteiger partial charge on any atom is 0.340 e. The Balaban J connectivity index is 1.99. The predicted octanol–water partition coefficient (Wildman–Crippen LogP) is 4.71. The first-order valence-corrected chi connectivity index (χ1v) is 9.21. The minimum Gasteiger partial charge on any atom is -0.462 e. The molecule has 0 aliphatic rings. The average Bonchev–Trinajstić information content (AvgIpc) is 2.64. The van der Waals surface area contributed by atoms with Crippen LogP contribution in [0, 0.1) is 0 Å². The lowest BCUT2D eigenvalue weighted by molar-refractivity contribution is -0.114. The quantitative estimate of drug-likeness (QED) is 0.338. The van der Waals surface area contributed by atoms with Gasteiger partial charge in [-0.2, -0.15) is 0 Å². The van der Waals surface area contributed by atoms with Gasteiger partial charge in [0.05, 0.1) is 12.2 Å². The Hall–Kier alpha value is -3.02. The molecule has 2 aromatic rings. The zero-order chi connectivity index (χ0) is 19.6. The van der Waals surface area contributed by atoms with Crippen molar-refractivity contribution < 1.29 is 14.3 Å². The van der Waals surface area contributed by atoms with Crippen LogP contribution in [-0.2, 0) is 9.53 Å². The number of carbonyl (C=O) groups excluding carboxylic acids is 2. The number of unbranched alkanes of at least 4 members (excludes halogenated alkanes) is 3. The van der Waals surface area contributed by atoms with E-state index in [2.05, 4.69) is 17.6 Å². The molecule has 0 spiro atoms. The maximum atomic E-state index is 12.3. The molecule has 0 atom stereocenters. The van der Waals surface area contributed by atoms with Gasteiger partial charge in [-0.3, -0.25) is 4.79 Å². The second-order valence-corrected chi connectivity index (χ2v) is 6.38. The average molecular weight is 369 g/mol. The van der Waals surface area contributed by atoms with Crippen molar-refractivity contribution >= 4 is 34.6 Å². The topological polar surface area (TPSA) is 93.5 Å². The van der Waals surface area contributed by atoms with Crippen LogP contribution in [0.15, 0.2) is 42.5 Å². The van der Waals surface area contributed by atoms with Gasteiger partial charge < -0.3 is 21.1 Å². The highest BCUT2D eigenvalue weighted by molar-refractivity contribution is 5.96. The number of nitrogens with two attached hydrogens (primary N) is 1. The number of rotatable bonds is 9. The van der Waals surface area contributed by atoms with Crippen molar-refractivity contribution in [3.63, 3.8) is 0 Å². The van der Waals surface area contributed by atoms with Crippen molar-refractivity contribution in [2.24, 2.45) is 0 Å². The minimum atomic E-state index is -0.409. The zero-order valence-electron chi connectivity index (χ0n) is 15.9. The van der Waals surface area contributed by atoms with Crippen molar-refractivity contribution in [3.05, 3.63) is 48.0 Å². The van der Waals surface area contributed by atoms with Crippen LogP contribution in [-0.4, -0.2) is 18.5 Å². The minimum absolute atomic E-state index is 0.118. The summed E-state index contributed by atoms with van der Waals surface area (Å²) in [6, 6.07) is 12.4. The van der Waals surface area contributed by atoms with Gasteiger partial charge in [0.2, 0.25) is 5.91 Å². The molecule has 2 aromatic carbocycles. The van der Waals surface area contributed by atoms with Crippen molar-refractivity contribution in [2.75, 3.05) is 23.0 Å². The highest BCUT2D eigenvalue weighted by Crippen LogP contribution is 2.23. The Morgan fingerprint density at radius 2 is 1.63 bits per heavy atom. The molecule has 0 aliphatic carbocycles. The summed E-state index contributed by atoms with van der Waals surface area (Å²) in [5.74, 6) is -0.527. The first kappa shape index (κ1) is 20.3. The number of hydrogen-bond acceptors (Lipinski definition) is 5.